The van der Waals surface area contributed by atoms with Gasteiger partial charge in [0.25, 0.3) is 0 Å². The molecule has 79 heavy (non-hydrogen) atoms. The minimum Gasteiger partial charge on any atom is -0.462 e. The Bertz CT molecular complexity index is 1960. The van der Waals surface area contributed by atoms with Gasteiger partial charge < -0.3 is 14.2 Å². The number of carbonyl (C=O) groups is 3. The third kappa shape index (κ3) is 62.7. The molecule has 6 nitrogen and oxygen atoms in total. The van der Waals surface area contributed by atoms with Crippen LogP contribution in [0.5, 0.6) is 0 Å². The van der Waals surface area contributed by atoms with Crippen molar-refractivity contribution in [3.05, 3.63) is 207 Å². The summed E-state index contributed by atoms with van der Waals surface area (Å²) in [7, 11) is 0. The molecule has 0 aliphatic carbocycles. The lowest BCUT2D eigenvalue weighted by Gasteiger charge is -2.18. The molecule has 0 N–H and O–H groups in total. The summed E-state index contributed by atoms with van der Waals surface area (Å²) in [6.07, 6.45) is 99.8. The van der Waals surface area contributed by atoms with E-state index in [1.807, 2.05) is 0 Å². The molecule has 0 fully saturated rings. The molecule has 0 amide bonds. The first-order valence-electron chi connectivity index (χ1n) is 30.6. The van der Waals surface area contributed by atoms with Crippen LogP contribution in [0.15, 0.2) is 207 Å². The summed E-state index contributed by atoms with van der Waals surface area (Å²) in [5.74, 6) is -1.07. The van der Waals surface area contributed by atoms with Crippen LogP contribution in [0.2, 0.25) is 0 Å². The van der Waals surface area contributed by atoms with Gasteiger partial charge in [0.05, 0.1) is 0 Å². The van der Waals surface area contributed by atoms with Crippen LogP contribution >= 0.6 is 0 Å². The smallest absolute Gasteiger partial charge is 0.306 e. The summed E-state index contributed by atoms with van der Waals surface area (Å²) in [6, 6.07) is 0. The Balaban J connectivity index is 4.51. The van der Waals surface area contributed by atoms with Gasteiger partial charge in [0.2, 0.25) is 0 Å². The maximum atomic E-state index is 12.8. The van der Waals surface area contributed by atoms with E-state index in [-0.39, 0.29) is 50.4 Å². The fourth-order valence-electron chi connectivity index (χ4n) is 7.30. The topological polar surface area (TPSA) is 78.9 Å². The average molecular weight is 1080 g/mol. The monoisotopic (exact) mass is 1080 g/mol. The van der Waals surface area contributed by atoms with E-state index in [2.05, 4.69) is 227 Å². The zero-order valence-electron chi connectivity index (χ0n) is 49.8. The molecule has 0 aromatic heterocycles. The van der Waals surface area contributed by atoms with E-state index in [1.54, 1.807) is 0 Å². The standard InChI is InChI=1S/C73H108O6/c1-4-7-10-13-16-19-22-25-28-29-30-31-32-33-34-35-36-37-38-39-40-41-42-43-46-48-51-54-57-60-63-66-72(75)78-69-70(79-73(76)67-64-61-58-55-52-49-45-27-24-21-18-15-12-9-6-3)68-77-71(74)65-62-59-56-53-50-47-44-26-23-20-17-14-11-8-5-2/h7-12,16-21,25-28,30-31,33-34,36-37,39-40,42-45,48,50-53,55,70H,4-6,13-15,22-24,29,32,35,38,41,46-47,49,54,56-69H2,1-3H3/b10-7-,11-8-,12-9-,19-16-,20-17-,21-18-,28-25-,31-30-,34-33-,37-36-,40-39-,43-42-,44-26-,45-27-,51-48-,53-50-,55-52-. The highest BCUT2D eigenvalue weighted by Crippen LogP contribution is 2.11. The normalized spacial score (nSPS) is 13.6. The molecule has 436 valence electrons. The molecule has 6 heteroatoms. The van der Waals surface area contributed by atoms with Crippen molar-refractivity contribution in [2.45, 2.75) is 219 Å². The maximum Gasteiger partial charge on any atom is 0.306 e. The van der Waals surface area contributed by atoms with Crippen molar-refractivity contribution in [3.63, 3.8) is 0 Å². The summed E-state index contributed by atoms with van der Waals surface area (Å²) in [4.78, 5) is 38.2. The van der Waals surface area contributed by atoms with Gasteiger partial charge in [-0.15, -0.1) is 0 Å². The Labute approximate surface area is 483 Å². The Hall–Kier alpha value is -6.01. The van der Waals surface area contributed by atoms with Crippen molar-refractivity contribution in [3.8, 4) is 0 Å². The van der Waals surface area contributed by atoms with E-state index in [0.29, 0.717) is 12.8 Å². The second-order valence-corrected chi connectivity index (χ2v) is 19.1. The van der Waals surface area contributed by atoms with Crippen LogP contribution in [0, 0.1) is 0 Å². The number of hydrogen-bond acceptors (Lipinski definition) is 6. The average Bonchev–Trinajstić information content (AvgIpc) is 3.45. The number of esters is 3. The third-order valence-corrected chi connectivity index (χ3v) is 11.8. The molecule has 0 aliphatic rings. The van der Waals surface area contributed by atoms with Crippen molar-refractivity contribution in [1.82, 2.24) is 0 Å². The predicted molar refractivity (Wildman–Crippen MR) is 343 cm³/mol. The van der Waals surface area contributed by atoms with Crippen LogP contribution < -0.4 is 0 Å². The van der Waals surface area contributed by atoms with Crippen molar-refractivity contribution >= 4 is 17.9 Å². The molecule has 0 heterocycles. The summed E-state index contributed by atoms with van der Waals surface area (Å²) < 4.78 is 16.8. The SMILES string of the molecule is CC/C=C\C/C=C\C/C=C\C/C=C\C/C=C\C/C=C\C/C=C\C/C=C\C/C=C\CCCCCC(=O)OCC(COC(=O)CCCC/C=C\C/C=C\C/C=C\C/C=C\CC)OC(=O)CCCC/C=C\C/C=C\C/C=C\C/C=C\CC. The van der Waals surface area contributed by atoms with Crippen LogP contribution in [0.25, 0.3) is 0 Å². The first-order chi connectivity index (χ1) is 39.0. The number of carbonyl (C=O) groups excluding carboxylic acids is 3. The van der Waals surface area contributed by atoms with Gasteiger partial charge in [-0.25, -0.2) is 0 Å². The van der Waals surface area contributed by atoms with E-state index >= 15 is 0 Å². The van der Waals surface area contributed by atoms with E-state index in [4.69, 9.17) is 14.2 Å². The molecule has 0 radical (unpaired) electrons. The highest BCUT2D eigenvalue weighted by atomic mass is 16.6. The largest absolute Gasteiger partial charge is 0.462 e. The third-order valence-electron chi connectivity index (χ3n) is 11.8. The molecule has 0 aromatic rings. The van der Waals surface area contributed by atoms with Gasteiger partial charge in [0, 0.05) is 19.3 Å². The highest BCUT2D eigenvalue weighted by Gasteiger charge is 2.19. The molecule has 0 saturated carbocycles. The lowest BCUT2D eigenvalue weighted by Crippen LogP contribution is -2.30. The van der Waals surface area contributed by atoms with E-state index in [1.165, 1.54) is 0 Å². The van der Waals surface area contributed by atoms with E-state index in [9.17, 15) is 14.4 Å². The number of rotatable bonds is 52. The van der Waals surface area contributed by atoms with E-state index in [0.717, 1.165) is 161 Å². The lowest BCUT2D eigenvalue weighted by molar-refractivity contribution is -0.167. The minimum absolute atomic E-state index is 0.138. The second-order valence-electron chi connectivity index (χ2n) is 19.1. The predicted octanol–water partition coefficient (Wildman–Crippen LogP) is 21.2. The summed E-state index contributed by atoms with van der Waals surface area (Å²) in [5, 5.41) is 0. The van der Waals surface area contributed by atoms with Crippen molar-refractivity contribution < 1.29 is 28.6 Å². The molecule has 0 saturated heterocycles. The quantitative estimate of drug-likeness (QED) is 0.0261. The maximum absolute atomic E-state index is 12.8. The summed E-state index contributed by atoms with van der Waals surface area (Å²) in [6.45, 7) is 6.17. The van der Waals surface area contributed by atoms with Crippen molar-refractivity contribution in [1.29, 1.82) is 0 Å². The van der Waals surface area contributed by atoms with Gasteiger partial charge >= 0.3 is 17.9 Å². The fourth-order valence-corrected chi connectivity index (χ4v) is 7.30. The first kappa shape index (κ1) is 73.0. The molecular formula is C73H108O6. The minimum atomic E-state index is -0.845. The molecule has 1 atom stereocenters. The number of unbranched alkanes of at least 4 members (excludes halogenated alkanes) is 7. The number of allylic oxidation sites excluding steroid dienone is 34. The highest BCUT2D eigenvalue weighted by molar-refractivity contribution is 5.71. The van der Waals surface area contributed by atoms with Crippen LogP contribution in [-0.2, 0) is 28.6 Å². The zero-order chi connectivity index (χ0) is 57.1. The van der Waals surface area contributed by atoms with Gasteiger partial charge in [-0.2, -0.15) is 0 Å². The molecule has 0 spiro atoms. The van der Waals surface area contributed by atoms with Crippen molar-refractivity contribution in [2.75, 3.05) is 13.2 Å². The molecular weight excluding hydrogens is 973 g/mol. The van der Waals surface area contributed by atoms with Gasteiger partial charge in [0.15, 0.2) is 6.10 Å². The van der Waals surface area contributed by atoms with Crippen LogP contribution in [0.1, 0.15) is 213 Å². The second kappa shape index (κ2) is 64.5. The summed E-state index contributed by atoms with van der Waals surface area (Å²) in [5.41, 5.74) is 0. The zero-order valence-corrected chi connectivity index (χ0v) is 49.8. The van der Waals surface area contributed by atoms with Gasteiger partial charge in [-0.1, -0.05) is 234 Å². The molecule has 0 aromatic carbocycles. The van der Waals surface area contributed by atoms with Gasteiger partial charge in [-0.3, -0.25) is 14.4 Å². The van der Waals surface area contributed by atoms with Crippen molar-refractivity contribution in [2.24, 2.45) is 0 Å². The Kier molecular flexibility index (Phi) is 59.6. The lowest BCUT2D eigenvalue weighted by atomic mass is 10.1. The Morgan fingerprint density at radius 1 is 0.253 bits per heavy atom. The van der Waals surface area contributed by atoms with Gasteiger partial charge in [0.1, 0.15) is 13.2 Å². The molecule has 0 rings (SSSR count). The Morgan fingerprint density at radius 2 is 0.456 bits per heavy atom. The van der Waals surface area contributed by atoms with Gasteiger partial charge in [-0.05, 0) is 167 Å². The first-order valence-corrected chi connectivity index (χ1v) is 30.6. The fraction of sp³-hybridized carbons (Fsp3) is 0.493. The van der Waals surface area contributed by atoms with Crippen LogP contribution in [0.4, 0.5) is 0 Å². The van der Waals surface area contributed by atoms with E-state index < -0.39 is 6.10 Å². The summed E-state index contributed by atoms with van der Waals surface area (Å²) >= 11 is 0. The molecule has 1 unspecified atom stereocenters. The van der Waals surface area contributed by atoms with Crippen LogP contribution in [-0.4, -0.2) is 37.2 Å². The molecule has 0 bridgehead atoms. The van der Waals surface area contributed by atoms with Crippen LogP contribution in [0.3, 0.4) is 0 Å². The number of hydrogen-bond donors (Lipinski definition) is 0. The number of ether oxygens (including phenoxy) is 3. The molecule has 0 aliphatic heterocycles. The Morgan fingerprint density at radius 3 is 0.709 bits per heavy atom.